The van der Waals surface area contributed by atoms with Crippen molar-refractivity contribution in [3.8, 4) is 22.5 Å². The van der Waals surface area contributed by atoms with Crippen LogP contribution in [0.1, 0.15) is 5.82 Å². The molecular formula is C17H11F5N2OS. The molecule has 1 heterocycles. The Morgan fingerprint density at radius 2 is 1.69 bits per heavy atom. The minimum atomic E-state index is -4.77. The van der Waals surface area contributed by atoms with Crippen molar-refractivity contribution in [2.24, 2.45) is 0 Å². The molecule has 1 N–H and O–H groups in total. The van der Waals surface area contributed by atoms with E-state index in [9.17, 15) is 26.2 Å². The third kappa shape index (κ3) is 3.52. The topological polar surface area (TPSA) is 45.8 Å². The Hall–Kier alpha value is -2.55. The van der Waals surface area contributed by atoms with Crippen LogP contribution in [0.15, 0.2) is 47.4 Å². The lowest BCUT2D eigenvalue weighted by Crippen LogP contribution is -2.07. The van der Waals surface area contributed by atoms with E-state index in [-0.39, 0.29) is 22.5 Å². The molecular weight excluding hydrogens is 375 g/mol. The van der Waals surface area contributed by atoms with Gasteiger partial charge in [0.15, 0.2) is 0 Å². The normalized spacial score (nSPS) is 13.0. The molecule has 0 aliphatic carbocycles. The van der Waals surface area contributed by atoms with Crippen molar-refractivity contribution < 1.29 is 26.2 Å². The van der Waals surface area contributed by atoms with Gasteiger partial charge in [-0.05, 0) is 24.3 Å². The Morgan fingerprint density at radius 1 is 1.04 bits per heavy atom. The van der Waals surface area contributed by atoms with Gasteiger partial charge in [0, 0.05) is 39.1 Å². The van der Waals surface area contributed by atoms with Crippen molar-refractivity contribution in [3.05, 3.63) is 59.9 Å². The van der Waals surface area contributed by atoms with Gasteiger partial charge in [-0.1, -0.05) is 12.1 Å². The van der Waals surface area contributed by atoms with Crippen LogP contribution >= 0.6 is 0 Å². The molecule has 9 heteroatoms. The van der Waals surface area contributed by atoms with Gasteiger partial charge in [-0.2, -0.15) is 13.2 Å². The number of halogens is 5. The smallest absolute Gasteiger partial charge is 0.334 e. The number of rotatable bonds is 3. The SMILES string of the molecule is CS(=O)c1ccc(-c2nc(C(F)(F)F)[nH]c2-c2ccc(F)cc2F)cc1. The fourth-order valence-electron chi connectivity index (χ4n) is 2.41. The molecule has 3 rings (SSSR count). The molecule has 3 aromatic rings. The zero-order chi connectivity index (χ0) is 19.1. The van der Waals surface area contributed by atoms with Crippen molar-refractivity contribution in [1.29, 1.82) is 0 Å². The van der Waals surface area contributed by atoms with Crippen LogP contribution in [0.2, 0.25) is 0 Å². The number of nitrogens with zero attached hydrogens (tertiary/aromatic N) is 1. The third-order valence-corrected chi connectivity index (χ3v) is 4.57. The molecule has 0 aliphatic heterocycles. The summed E-state index contributed by atoms with van der Waals surface area (Å²) < 4.78 is 77.9. The molecule has 0 fully saturated rings. The Balaban J connectivity index is 2.20. The molecule has 26 heavy (non-hydrogen) atoms. The van der Waals surface area contributed by atoms with Crippen molar-refractivity contribution in [1.82, 2.24) is 9.97 Å². The van der Waals surface area contributed by atoms with Gasteiger partial charge in [-0.3, -0.25) is 4.21 Å². The summed E-state index contributed by atoms with van der Waals surface area (Å²) in [7, 11) is -1.26. The predicted molar refractivity (Wildman–Crippen MR) is 86.7 cm³/mol. The fourth-order valence-corrected chi connectivity index (χ4v) is 2.93. The maximum absolute atomic E-state index is 14.1. The summed E-state index contributed by atoms with van der Waals surface area (Å²) in [5, 5.41) is 0. The maximum Gasteiger partial charge on any atom is 0.449 e. The van der Waals surface area contributed by atoms with Crippen LogP contribution in [0.4, 0.5) is 22.0 Å². The second kappa shape index (κ2) is 6.64. The van der Waals surface area contributed by atoms with E-state index in [2.05, 4.69) is 9.97 Å². The van der Waals surface area contributed by atoms with Gasteiger partial charge in [0.2, 0.25) is 5.82 Å². The van der Waals surface area contributed by atoms with Crippen molar-refractivity contribution >= 4 is 10.8 Å². The second-order valence-electron chi connectivity index (χ2n) is 5.41. The molecule has 0 saturated carbocycles. The second-order valence-corrected chi connectivity index (χ2v) is 6.79. The number of nitrogens with one attached hydrogen (secondary N) is 1. The molecule has 0 spiro atoms. The molecule has 0 aliphatic rings. The number of aromatic amines is 1. The Kier molecular flexibility index (Phi) is 4.66. The lowest BCUT2D eigenvalue weighted by molar-refractivity contribution is -0.144. The molecule has 1 atom stereocenters. The van der Waals surface area contributed by atoms with E-state index in [1.165, 1.54) is 30.5 Å². The van der Waals surface area contributed by atoms with Crippen LogP contribution in [0.25, 0.3) is 22.5 Å². The molecule has 0 bridgehead atoms. The predicted octanol–water partition coefficient (Wildman–Crippen LogP) is 4.78. The van der Waals surface area contributed by atoms with E-state index in [1.807, 2.05) is 0 Å². The largest absolute Gasteiger partial charge is 0.449 e. The zero-order valence-corrected chi connectivity index (χ0v) is 14.0. The Morgan fingerprint density at radius 3 is 2.23 bits per heavy atom. The Bertz CT molecular complexity index is 980. The summed E-state index contributed by atoms with van der Waals surface area (Å²) in [5.41, 5.74) is -0.339. The lowest BCUT2D eigenvalue weighted by atomic mass is 10.0. The van der Waals surface area contributed by atoms with Crippen LogP contribution in [-0.4, -0.2) is 20.4 Å². The van der Waals surface area contributed by atoms with Crippen LogP contribution in [0.5, 0.6) is 0 Å². The monoisotopic (exact) mass is 386 g/mol. The van der Waals surface area contributed by atoms with Gasteiger partial charge in [0.05, 0.1) is 11.4 Å². The van der Waals surface area contributed by atoms with E-state index in [1.54, 1.807) is 0 Å². The van der Waals surface area contributed by atoms with Crippen LogP contribution < -0.4 is 0 Å². The summed E-state index contributed by atoms with van der Waals surface area (Å²) in [4.78, 5) is 6.11. The molecule has 1 aromatic heterocycles. The molecule has 1 unspecified atom stereocenters. The first-order valence-corrected chi connectivity index (χ1v) is 8.79. The lowest BCUT2D eigenvalue weighted by Gasteiger charge is -2.05. The number of alkyl halides is 3. The van der Waals surface area contributed by atoms with E-state index in [4.69, 9.17) is 0 Å². The van der Waals surface area contributed by atoms with Crippen molar-refractivity contribution in [2.45, 2.75) is 11.1 Å². The van der Waals surface area contributed by atoms with Gasteiger partial charge in [0.25, 0.3) is 0 Å². The summed E-state index contributed by atoms with van der Waals surface area (Å²) in [5.74, 6) is -3.16. The zero-order valence-electron chi connectivity index (χ0n) is 13.2. The van der Waals surface area contributed by atoms with Gasteiger partial charge in [-0.15, -0.1) is 0 Å². The van der Waals surface area contributed by atoms with Crippen molar-refractivity contribution in [2.75, 3.05) is 6.26 Å². The van der Waals surface area contributed by atoms with Gasteiger partial charge in [-0.25, -0.2) is 13.8 Å². The quantitative estimate of drug-likeness (QED) is 0.659. The fraction of sp³-hybridized carbons (Fsp3) is 0.118. The highest BCUT2D eigenvalue weighted by Gasteiger charge is 2.36. The standard InChI is InChI=1S/C17H11F5N2OS/c1-26(25)11-5-2-9(3-6-11)14-15(24-16(23-14)17(20,21)22)12-7-4-10(18)8-13(12)19/h2-8H,1H3,(H,23,24). The number of H-pyrrole nitrogens is 1. The minimum absolute atomic E-state index is 0.142. The Labute approximate surface area is 147 Å². The van der Waals surface area contributed by atoms with E-state index >= 15 is 0 Å². The van der Waals surface area contributed by atoms with Crippen LogP contribution in [0.3, 0.4) is 0 Å². The van der Waals surface area contributed by atoms with E-state index < -0.39 is 34.4 Å². The average Bonchev–Trinajstić information content (AvgIpc) is 3.00. The number of imidazole rings is 1. The number of benzene rings is 2. The maximum atomic E-state index is 14.1. The molecule has 0 amide bonds. The first-order chi connectivity index (χ1) is 12.2. The summed E-state index contributed by atoms with van der Waals surface area (Å²) in [6, 6.07) is 8.42. The molecule has 0 saturated heterocycles. The van der Waals surface area contributed by atoms with Crippen molar-refractivity contribution in [3.63, 3.8) is 0 Å². The number of hydrogen-bond donors (Lipinski definition) is 1. The average molecular weight is 386 g/mol. The summed E-state index contributed by atoms with van der Waals surface area (Å²) >= 11 is 0. The van der Waals surface area contributed by atoms with Gasteiger partial charge in [0.1, 0.15) is 11.6 Å². The van der Waals surface area contributed by atoms with Crippen LogP contribution in [-0.2, 0) is 17.0 Å². The highest BCUT2D eigenvalue weighted by atomic mass is 32.2. The highest BCUT2D eigenvalue weighted by molar-refractivity contribution is 7.84. The van der Waals surface area contributed by atoms with Gasteiger partial charge < -0.3 is 4.98 Å². The summed E-state index contributed by atoms with van der Waals surface area (Å²) in [6.07, 6.45) is -3.31. The number of hydrogen-bond acceptors (Lipinski definition) is 2. The summed E-state index contributed by atoms with van der Waals surface area (Å²) in [6.45, 7) is 0. The minimum Gasteiger partial charge on any atom is -0.334 e. The molecule has 0 radical (unpaired) electrons. The highest BCUT2D eigenvalue weighted by Crippen LogP contribution is 2.36. The third-order valence-electron chi connectivity index (χ3n) is 3.63. The molecule has 2 aromatic carbocycles. The van der Waals surface area contributed by atoms with Gasteiger partial charge >= 0.3 is 6.18 Å². The van der Waals surface area contributed by atoms with E-state index in [0.717, 1.165) is 12.1 Å². The van der Waals surface area contributed by atoms with Crippen LogP contribution in [0, 0.1) is 11.6 Å². The van der Waals surface area contributed by atoms with E-state index in [0.29, 0.717) is 11.0 Å². The molecule has 3 nitrogen and oxygen atoms in total. The number of aromatic nitrogens is 2. The first kappa shape index (κ1) is 18.2. The first-order valence-electron chi connectivity index (χ1n) is 7.23. The molecule has 136 valence electrons.